The Kier molecular flexibility index (Phi) is 6.00. The standard InChI is InChI=1S/C17H30N4/c1-13-16(14(2)21(3)20-13)11-12-17(19-18)15-9-7-5-4-6-8-10-15/h9,17,19H,4-8,10-12,18H2,1-3H3. The Balaban J connectivity index is 2.01. The molecule has 0 aromatic carbocycles. The van der Waals surface area contributed by atoms with E-state index in [1.165, 1.54) is 55.4 Å². The summed E-state index contributed by atoms with van der Waals surface area (Å²) >= 11 is 0. The van der Waals surface area contributed by atoms with Gasteiger partial charge in [-0.25, -0.2) is 0 Å². The number of allylic oxidation sites excluding steroid dienone is 1. The number of nitrogens with two attached hydrogens (primary N) is 1. The van der Waals surface area contributed by atoms with Crippen LogP contribution in [0.3, 0.4) is 0 Å². The van der Waals surface area contributed by atoms with Gasteiger partial charge in [0.05, 0.1) is 5.69 Å². The largest absolute Gasteiger partial charge is 0.272 e. The lowest BCUT2D eigenvalue weighted by Crippen LogP contribution is -2.37. The zero-order valence-corrected chi connectivity index (χ0v) is 13.8. The van der Waals surface area contributed by atoms with E-state index in [9.17, 15) is 0 Å². The van der Waals surface area contributed by atoms with Crippen LogP contribution >= 0.6 is 0 Å². The van der Waals surface area contributed by atoms with Crippen molar-refractivity contribution in [2.24, 2.45) is 12.9 Å². The van der Waals surface area contributed by atoms with Crippen LogP contribution in [0.15, 0.2) is 11.6 Å². The minimum Gasteiger partial charge on any atom is -0.272 e. The van der Waals surface area contributed by atoms with E-state index in [1.807, 2.05) is 11.7 Å². The predicted molar refractivity (Wildman–Crippen MR) is 87.9 cm³/mol. The van der Waals surface area contributed by atoms with Crippen LogP contribution < -0.4 is 11.3 Å². The maximum atomic E-state index is 5.83. The monoisotopic (exact) mass is 290 g/mol. The minimum atomic E-state index is 0.308. The molecule has 0 amide bonds. The molecule has 2 rings (SSSR count). The first kappa shape index (κ1) is 16.2. The smallest absolute Gasteiger partial charge is 0.0628 e. The minimum absolute atomic E-state index is 0.308. The lowest BCUT2D eigenvalue weighted by molar-refractivity contribution is 0.512. The van der Waals surface area contributed by atoms with Crippen LogP contribution in [-0.2, 0) is 13.5 Å². The summed E-state index contributed by atoms with van der Waals surface area (Å²) < 4.78 is 1.98. The van der Waals surface area contributed by atoms with Crippen molar-refractivity contribution in [2.75, 3.05) is 0 Å². The SMILES string of the molecule is Cc1nn(C)c(C)c1CCC(NN)C1=CCCCCCC1. The molecule has 118 valence electrons. The molecule has 1 unspecified atom stereocenters. The summed E-state index contributed by atoms with van der Waals surface area (Å²) in [5, 5.41) is 4.50. The highest BCUT2D eigenvalue weighted by Crippen LogP contribution is 2.23. The molecule has 1 aliphatic rings. The second-order valence-corrected chi connectivity index (χ2v) is 6.26. The first-order valence-corrected chi connectivity index (χ1v) is 8.27. The van der Waals surface area contributed by atoms with Crippen LogP contribution in [0.25, 0.3) is 0 Å². The Morgan fingerprint density at radius 3 is 2.71 bits per heavy atom. The number of nitrogens with zero attached hydrogens (tertiary/aromatic N) is 2. The van der Waals surface area contributed by atoms with Crippen LogP contribution in [0, 0.1) is 13.8 Å². The van der Waals surface area contributed by atoms with Gasteiger partial charge in [0.2, 0.25) is 0 Å². The molecule has 0 spiro atoms. The molecule has 0 bridgehead atoms. The summed E-state index contributed by atoms with van der Waals surface area (Å²) in [6.45, 7) is 4.25. The second-order valence-electron chi connectivity index (χ2n) is 6.26. The third-order valence-corrected chi connectivity index (χ3v) is 4.82. The number of aromatic nitrogens is 2. The maximum absolute atomic E-state index is 5.83. The molecule has 0 saturated heterocycles. The zero-order valence-electron chi connectivity index (χ0n) is 13.8. The van der Waals surface area contributed by atoms with Crippen molar-refractivity contribution in [3.63, 3.8) is 0 Å². The summed E-state index contributed by atoms with van der Waals surface area (Å²) in [6.07, 6.45) is 12.3. The fraction of sp³-hybridized carbons (Fsp3) is 0.706. The Morgan fingerprint density at radius 2 is 2.05 bits per heavy atom. The van der Waals surface area contributed by atoms with Gasteiger partial charge in [0.15, 0.2) is 0 Å². The van der Waals surface area contributed by atoms with Gasteiger partial charge in [0.1, 0.15) is 0 Å². The average Bonchev–Trinajstić information content (AvgIpc) is 2.66. The van der Waals surface area contributed by atoms with Crippen LogP contribution in [-0.4, -0.2) is 15.8 Å². The number of hydrazine groups is 1. The molecule has 4 nitrogen and oxygen atoms in total. The molecular weight excluding hydrogens is 260 g/mol. The van der Waals surface area contributed by atoms with Crippen LogP contribution in [0.5, 0.6) is 0 Å². The highest BCUT2D eigenvalue weighted by atomic mass is 15.3. The highest BCUT2D eigenvalue weighted by molar-refractivity contribution is 5.25. The van der Waals surface area contributed by atoms with Gasteiger partial charge in [-0.2, -0.15) is 5.10 Å². The number of nitrogens with one attached hydrogen (secondary N) is 1. The summed E-state index contributed by atoms with van der Waals surface area (Å²) in [7, 11) is 2.02. The lowest BCUT2D eigenvalue weighted by atomic mass is 9.91. The van der Waals surface area contributed by atoms with Crippen molar-refractivity contribution in [2.45, 2.75) is 71.3 Å². The molecule has 0 radical (unpaired) electrons. The van der Waals surface area contributed by atoms with E-state index >= 15 is 0 Å². The van der Waals surface area contributed by atoms with E-state index in [0.29, 0.717) is 6.04 Å². The van der Waals surface area contributed by atoms with E-state index in [1.54, 1.807) is 0 Å². The number of rotatable bonds is 5. The molecule has 21 heavy (non-hydrogen) atoms. The molecule has 4 heteroatoms. The predicted octanol–water partition coefficient (Wildman–Crippen LogP) is 3.08. The number of aryl methyl sites for hydroxylation is 2. The van der Waals surface area contributed by atoms with Crippen molar-refractivity contribution < 1.29 is 0 Å². The Bertz CT molecular complexity index is 487. The molecule has 1 aromatic heterocycles. The first-order valence-electron chi connectivity index (χ1n) is 8.27. The van der Waals surface area contributed by atoms with Gasteiger partial charge in [-0.15, -0.1) is 0 Å². The fourth-order valence-electron chi connectivity index (χ4n) is 3.38. The summed E-state index contributed by atoms with van der Waals surface area (Å²) in [4.78, 5) is 0. The highest BCUT2D eigenvalue weighted by Gasteiger charge is 2.16. The quantitative estimate of drug-likeness (QED) is 0.498. The van der Waals surface area contributed by atoms with Gasteiger partial charge in [-0.05, 0) is 57.9 Å². The third kappa shape index (κ3) is 4.17. The topological polar surface area (TPSA) is 55.9 Å². The van der Waals surface area contributed by atoms with E-state index in [0.717, 1.165) is 18.5 Å². The Hall–Kier alpha value is -1.13. The van der Waals surface area contributed by atoms with Crippen molar-refractivity contribution in [3.05, 3.63) is 28.6 Å². The van der Waals surface area contributed by atoms with Gasteiger partial charge < -0.3 is 0 Å². The summed E-state index contributed by atoms with van der Waals surface area (Å²) in [5.41, 5.74) is 8.35. The van der Waals surface area contributed by atoms with E-state index in [-0.39, 0.29) is 0 Å². The number of hydrogen-bond donors (Lipinski definition) is 2. The zero-order chi connectivity index (χ0) is 15.2. The lowest BCUT2D eigenvalue weighted by Gasteiger charge is -2.21. The Labute approximate surface area is 128 Å². The van der Waals surface area contributed by atoms with Gasteiger partial charge >= 0.3 is 0 Å². The van der Waals surface area contributed by atoms with Gasteiger partial charge in [0.25, 0.3) is 0 Å². The van der Waals surface area contributed by atoms with Crippen LogP contribution in [0.2, 0.25) is 0 Å². The van der Waals surface area contributed by atoms with E-state index < -0.39 is 0 Å². The molecule has 0 fully saturated rings. The first-order chi connectivity index (χ1) is 10.1. The van der Waals surface area contributed by atoms with Crippen molar-refractivity contribution in [1.82, 2.24) is 15.2 Å². The number of hydrogen-bond acceptors (Lipinski definition) is 3. The molecule has 1 aromatic rings. The summed E-state index contributed by atoms with van der Waals surface area (Å²) in [5.74, 6) is 5.83. The molecule has 1 atom stereocenters. The molecule has 0 aliphatic heterocycles. The molecular formula is C17H30N4. The summed E-state index contributed by atoms with van der Waals surface area (Å²) in [6, 6.07) is 0.308. The van der Waals surface area contributed by atoms with Gasteiger partial charge in [-0.1, -0.05) is 24.5 Å². The third-order valence-electron chi connectivity index (χ3n) is 4.82. The maximum Gasteiger partial charge on any atom is 0.0628 e. The van der Waals surface area contributed by atoms with E-state index in [4.69, 9.17) is 5.84 Å². The average molecular weight is 290 g/mol. The van der Waals surface area contributed by atoms with Crippen LogP contribution in [0.4, 0.5) is 0 Å². The van der Waals surface area contributed by atoms with Gasteiger partial charge in [-0.3, -0.25) is 16.0 Å². The van der Waals surface area contributed by atoms with Crippen molar-refractivity contribution in [3.8, 4) is 0 Å². The van der Waals surface area contributed by atoms with Crippen molar-refractivity contribution >= 4 is 0 Å². The molecule has 1 aliphatic carbocycles. The van der Waals surface area contributed by atoms with Crippen LogP contribution in [0.1, 0.15) is 61.9 Å². The Morgan fingerprint density at radius 1 is 1.29 bits per heavy atom. The second kappa shape index (κ2) is 7.76. The normalized spacial score (nSPS) is 18.0. The molecule has 0 saturated carbocycles. The molecule has 3 N–H and O–H groups in total. The fourth-order valence-corrected chi connectivity index (χ4v) is 3.38. The van der Waals surface area contributed by atoms with Gasteiger partial charge in [0, 0.05) is 18.8 Å². The molecule has 1 heterocycles. The van der Waals surface area contributed by atoms with Crippen molar-refractivity contribution in [1.29, 1.82) is 0 Å². The van der Waals surface area contributed by atoms with E-state index in [2.05, 4.69) is 30.4 Å².